The molecule has 146 valence electrons. The number of thiophene rings is 1. The number of morpholine rings is 1. The second-order valence-electron chi connectivity index (χ2n) is 6.44. The van der Waals surface area contributed by atoms with Crippen molar-refractivity contribution in [2.45, 2.75) is 13.0 Å². The molecule has 1 aliphatic rings. The van der Waals surface area contributed by atoms with Gasteiger partial charge in [0.25, 0.3) is 5.91 Å². The van der Waals surface area contributed by atoms with Crippen LogP contribution in [0, 0.1) is 0 Å². The van der Waals surface area contributed by atoms with Gasteiger partial charge in [-0.3, -0.25) is 9.69 Å². The van der Waals surface area contributed by atoms with Gasteiger partial charge in [0.05, 0.1) is 19.8 Å². The molecule has 2 heterocycles. The van der Waals surface area contributed by atoms with Crippen LogP contribution < -0.4 is 4.74 Å². The van der Waals surface area contributed by atoms with E-state index >= 15 is 0 Å². The fraction of sp³-hybridized carbons (Fsp3) is 0.450. The van der Waals surface area contributed by atoms with E-state index in [1.807, 2.05) is 16.3 Å². The van der Waals surface area contributed by atoms with Crippen LogP contribution in [0.3, 0.4) is 0 Å². The van der Waals surface area contributed by atoms with E-state index in [1.165, 1.54) is 4.88 Å². The molecule has 1 aromatic heterocycles. The smallest absolute Gasteiger partial charge is 0.260 e. The minimum Gasteiger partial charge on any atom is -0.484 e. The lowest BCUT2D eigenvalue weighted by Gasteiger charge is -2.28. The second kappa shape index (κ2) is 10.7. The van der Waals surface area contributed by atoms with Crippen molar-refractivity contribution >= 4 is 28.8 Å². The van der Waals surface area contributed by atoms with Crippen molar-refractivity contribution in [3.05, 3.63) is 51.7 Å². The Morgan fingerprint density at radius 3 is 2.70 bits per heavy atom. The van der Waals surface area contributed by atoms with Crippen LogP contribution in [0.5, 0.6) is 5.75 Å². The molecule has 1 amide bonds. The first-order chi connectivity index (χ1) is 13.2. The van der Waals surface area contributed by atoms with Gasteiger partial charge < -0.3 is 14.4 Å². The Morgan fingerprint density at radius 1 is 1.22 bits per heavy atom. The molecule has 1 fully saturated rings. The van der Waals surface area contributed by atoms with Crippen LogP contribution >= 0.6 is 22.9 Å². The maximum atomic E-state index is 12.7. The average molecular weight is 409 g/mol. The minimum atomic E-state index is 0.000303. The summed E-state index contributed by atoms with van der Waals surface area (Å²) in [4.78, 5) is 18.2. The number of amides is 1. The normalized spacial score (nSPS) is 14.9. The number of carbonyl (C=O) groups excluding carboxylic acids is 1. The molecule has 2 aromatic rings. The Balaban J connectivity index is 1.51. The van der Waals surface area contributed by atoms with Gasteiger partial charge >= 0.3 is 0 Å². The van der Waals surface area contributed by atoms with Gasteiger partial charge in [-0.1, -0.05) is 17.7 Å². The lowest BCUT2D eigenvalue weighted by atomic mass is 10.3. The summed E-state index contributed by atoms with van der Waals surface area (Å²) in [5.74, 6) is 0.650. The van der Waals surface area contributed by atoms with E-state index in [4.69, 9.17) is 21.1 Å². The van der Waals surface area contributed by atoms with Crippen LogP contribution in [-0.2, 0) is 16.1 Å². The molecule has 0 aliphatic carbocycles. The predicted octanol–water partition coefficient (Wildman–Crippen LogP) is 3.53. The lowest BCUT2D eigenvalue weighted by Crippen LogP contribution is -2.39. The number of rotatable bonds is 9. The summed E-state index contributed by atoms with van der Waals surface area (Å²) in [6.45, 7) is 5.90. The van der Waals surface area contributed by atoms with Crippen molar-refractivity contribution in [2.24, 2.45) is 0 Å². The first kappa shape index (κ1) is 20.1. The molecule has 1 aliphatic heterocycles. The van der Waals surface area contributed by atoms with E-state index < -0.39 is 0 Å². The third-order valence-corrected chi connectivity index (χ3v) is 5.57. The van der Waals surface area contributed by atoms with Gasteiger partial charge in [-0.25, -0.2) is 0 Å². The molecule has 0 bridgehead atoms. The van der Waals surface area contributed by atoms with Crippen LogP contribution in [0.1, 0.15) is 11.3 Å². The minimum absolute atomic E-state index is 0.000303. The van der Waals surface area contributed by atoms with Crippen LogP contribution in [0.15, 0.2) is 41.8 Å². The molecule has 7 heteroatoms. The van der Waals surface area contributed by atoms with Gasteiger partial charge in [0.2, 0.25) is 0 Å². The summed E-state index contributed by atoms with van der Waals surface area (Å²) in [6, 6.07) is 11.1. The predicted molar refractivity (Wildman–Crippen MR) is 109 cm³/mol. The molecule has 0 unspecified atom stereocenters. The Labute approximate surface area is 169 Å². The molecule has 0 atom stereocenters. The number of nitrogens with zero attached hydrogens (tertiary/aromatic N) is 2. The summed E-state index contributed by atoms with van der Waals surface area (Å²) < 4.78 is 11.0. The van der Waals surface area contributed by atoms with Crippen LogP contribution in [0.25, 0.3) is 0 Å². The third-order valence-electron chi connectivity index (χ3n) is 4.46. The average Bonchev–Trinajstić information content (AvgIpc) is 3.20. The van der Waals surface area contributed by atoms with Crippen molar-refractivity contribution in [1.82, 2.24) is 9.80 Å². The maximum absolute atomic E-state index is 12.7. The van der Waals surface area contributed by atoms with E-state index in [9.17, 15) is 4.79 Å². The van der Waals surface area contributed by atoms with Crippen molar-refractivity contribution < 1.29 is 14.3 Å². The molecular weight excluding hydrogens is 384 g/mol. The van der Waals surface area contributed by atoms with Gasteiger partial charge in [-0.05, 0) is 42.1 Å². The zero-order valence-corrected chi connectivity index (χ0v) is 16.9. The number of hydrogen-bond acceptors (Lipinski definition) is 5. The number of hydrogen-bond donors (Lipinski definition) is 0. The van der Waals surface area contributed by atoms with Gasteiger partial charge in [0, 0.05) is 36.1 Å². The molecule has 1 aromatic carbocycles. The number of benzene rings is 1. The molecule has 3 rings (SSSR count). The second-order valence-corrected chi connectivity index (χ2v) is 7.91. The van der Waals surface area contributed by atoms with Gasteiger partial charge in [0.15, 0.2) is 6.61 Å². The summed E-state index contributed by atoms with van der Waals surface area (Å²) in [5, 5.41) is 2.69. The molecule has 0 radical (unpaired) electrons. The summed E-state index contributed by atoms with van der Waals surface area (Å²) in [6.07, 6.45) is 0.943. The number of halogens is 1. The van der Waals surface area contributed by atoms with Gasteiger partial charge in [-0.15, -0.1) is 11.3 Å². The fourth-order valence-electron chi connectivity index (χ4n) is 2.96. The zero-order valence-electron chi connectivity index (χ0n) is 15.3. The Hall–Kier alpha value is -1.60. The highest BCUT2D eigenvalue weighted by atomic mass is 35.5. The standard InChI is InChI=1S/C20H25ClN2O3S/c21-17-4-6-18(7-5-17)26-16-20(24)23(15-19-3-1-14-27-19)9-2-8-22-10-12-25-13-11-22/h1,3-7,14H,2,8-13,15-16H2. The maximum Gasteiger partial charge on any atom is 0.260 e. The topological polar surface area (TPSA) is 42.0 Å². The first-order valence-electron chi connectivity index (χ1n) is 9.19. The Kier molecular flexibility index (Phi) is 7.95. The molecule has 27 heavy (non-hydrogen) atoms. The first-order valence-corrected chi connectivity index (χ1v) is 10.4. The third kappa shape index (κ3) is 6.81. The highest BCUT2D eigenvalue weighted by Crippen LogP contribution is 2.16. The quantitative estimate of drug-likeness (QED) is 0.636. The molecular formula is C20H25ClN2O3S. The summed E-state index contributed by atoms with van der Waals surface area (Å²) in [5.41, 5.74) is 0. The van der Waals surface area contributed by atoms with E-state index in [0.29, 0.717) is 17.3 Å². The summed E-state index contributed by atoms with van der Waals surface area (Å²) in [7, 11) is 0. The lowest BCUT2D eigenvalue weighted by molar-refractivity contribution is -0.134. The molecule has 5 nitrogen and oxygen atoms in total. The van der Waals surface area contributed by atoms with Crippen molar-refractivity contribution in [3.63, 3.8) is 0 Å². The van der Waals surface area contributed by atoms with Gasteiger partial charge in [-0.2, -0.15) is 0 Å². The molecule has 0 saturated carbocycles. The van der Waals surface area contributed by atoms with Gasteiger partial charge in [0.1, 0.15) is 5.75 Å². The number of ether oxygens (including phenoxy) is 2. The Bertz CT molecular complexity index is 688. The largest absolute Gasteiger partial charge is 0.484 e. The summed E-state index contributed by atoms with van der Waals surface area (Å²) >= 11 is 7.55. The SMILES string of the molecule is O=C(COc1ccc(Cl)cc1)N(CCCN1CCOCC1)Cc1cccs1. The molecule has 0 N–H and O–H groups in total. The van der Waals surface area contributed by atoms with Crippen LogP contribution in [0.2, 0.25) is 5.02 Å². The Morgan fingerprint density at radius 2 is 2.00 bits per heavy atom. The highest BCUT2D eigenvalue weighted by Gasteiger charge is 2.17. The van der Waals surface area contributed by atoms with Crippen molar-refractivity contribution in [2.75, 3.05) is 46.0 Å². The van der Waals surface area contributed by atoms with Crippen LogP contribution in [0.4, 0.5) is 0 Å². The fourth-order valence-corrected chi connectivity index (χ4v) is 3.81. The highest BCUT2D eigenvalue weighted by molar-refractivity contribution is 7.09. The number of carbonyl (C=O) groups is 1. The monoisotopic (exact) mass is 408 g/mol. The van der Waals surface area contributed by atoms with Crippen molar-refractivity contribution in [3.8, 4) is 5.75 Å². The molecule has 1 saturated heterocycles. The van der Waals surface area contributed by atoms with E-state index in [1.54, 1.807) is 35.6 Å². The zero-order chi connectivity index (χ0) is 18.9. The van der Waals surface area contributed by atoms with E-state index in [2.05, 4.69) is 11.0 Å². The van der Waals surface area contributed by atoms with E-state index in [-0.39, 0.29) is 12.5 Å². The van der Waals surface area contributed by atoms with Crippen molar-refractivity contribution in [1.29, 1.82) is 0 Å². The molecule has 0 spiro atoms. The van der Waals surface area contributed by atoms with Crippen LogP contribution in [-0.4, -0.2) is 61.7 Å². The van der Waals surface area contributed by atoms with E-state index in [0.717, 1.165) is 45.8 Å².